The Bertz CT molecular complexity index is 1100. The number of pyridine rings is 1. The zero-order valence-electron chi connectivity index (χ0n) is 15.3. The highest BCUT2D eigenvalue weighted by molar-refractivity contribution is 9.10. The van der Waals surface area contributed by atoms with Gasteiger partial charge in [-0.25, -0.2) is 4.39 Å². The molecule has 3 rings (SSSR count). The van der Waals surface area contributed by atoms with Crippen LogP contribution in [0.2, 0.25) is 0 Å². The Morgan fingerprint density at radius 3 is 2.69 bits per heavy atom. The van der Waals surface area contributed by atoms with Gasteiger partial charge >= 0.3 is 6.61 Å². The number of nitrogens with zero attached hydrogens (tertiary/aromatic N) is 1. The average molecular weight is 468 g/mol. The zero-order valence-corrected chi connectivity index (χ0v) is 16.8. The minimum absolute atomic E-state index is 0.0147. The molecule has 0 spiro atoms. The third-order valence-electron chi connectivity index (χ3n) is 4.28. The minimum atomic E-state index is -2.96. The number of nitrogens with two attached hydrogens (primary N) is 1. The van der Waals surface area contributed by atoms with Gasteiger partial charge in [0.2, 0.25) is 5.56 Å². The van der Waals surface area contributed by atoms with Gasteiger partial charge in [0, 0.05) is 47.0 Å². The highest BCUT2D eigenvalue weighted by atomic mass is 79.9. The molecule has 0 bridgehead atoms. The van der Waals surface area contributed by atoms with Gasteiger partial charge in [-0.15, -0.1) is 0 Å². The molecule has 0 aliphatic rings. The molecular weight excluding hydrogens is 451 g/mol. The van der Waals surface area contributed by atoms with Crippen LogP contribution in [0.5, 0.6) is 5.75 Å². The van der Waals surface area contributed by atoms with Crippen molar-refractivity contribution in [2.75, 3.05) is 11.1 Å². The summed E-state index contributed by atoms with van der Waals surface area (Å²) in [6.45, 7) is -2.86. The summed E-state index contributed by atoms with van der Waals surface area (Å²) in [7, 11) is 1.57. The summed E-state index contributed by atoms with van der Waals surface area (Å²) in [4.78, 5) is 11.6. The molecule has 0 aliphatic carbocycles. The van der Waals surface area contributed by atoms with Crippen LogP contribution in [0.3, 0.4) is 0 Å². The van der Waals surface area contributed by atoms with Crippen LogP contribution in [0.1, 0.15) is 5.56 Å². The summed E-state index contributed by atoms with van der Waals surface area (Å²) >= 11 is 3.32. The predicted octanol–water partition coefficient (Wildman–Crippen LogP) is 4.75. The second kappa shape index (κ2) is 8.60. The zero-order chi connectivity index (χ0) is 21.1. The van der Waals surface area contributed by atoms with Crippen molar-refractivity contribution >= 4 is 27.3 Å². The smallest absolute Gasteiger partial charge is 0.387 e. The SMILES string of the molecule is Cn1cc(-c2cc(NCc3c(Br)cccc3OC(F)F)c(N)cc2F)ccc1=O. The lowest BCUT2D eigenvalue weighted by Gasteiger charge is -2.16. The van der Waals surface area contributed by atoms with Gasteiger partial charge < -0.3 is 20.4 Å². The van der Waals surface area contributed by atoms with E-state index in [2.05, 4.69) is 26.0 Å². The van der Waals surface area contributed by atoms with Gasteiger partial charge in [0.1, 0.15) is 11.6 Å². The van der Waals surface area contributed by atoms with Crippen molar-refractivity contribution in [2.45, 2.75) is 13.2 Å². The number of nitrogen functional groups attached to an aromatic ring is 1. The van der Waals surface area contributed by atoms with Gasteiger partial charge in [-0.2, -0.15) is 8.78 Å². The van der Waals surface area contributed by atoms with Gasteiger partial charge in [-0.1, -0.05) is 22.0 Å². The second-order valence-corrected chi connectivity index (χ2v) is 7.09. The molecule has 152 valence electrons. The molecule has 2 aromatic carbocycles. The van der Waals surface area contributed by atoms with E-state index in [0.29, 0.717) is 21.3 Å². The molecule has 29 heavy (non-hydrogen) atoms. The summed E-state index contributed by atoms with van der Waals surface area (Å²) in [6, 6.07) is 10.2. The van der Waals surface area contributed by atoms with Crippen LogP contribution in [0.15, 0.2) is 57.9 Å². The molecule has 3 aromatic rings. The van der Waals surface area contributed by atoms with E-state index in [4.69, 9.17) is 5.73 Å². The number of halogens is 4. The van der Waals surface area contributed by atoms with Crippen molar-refractivity contribution in [1.82, 2.24) is 4.57 Å². The number of aryl methyl sites for hydroxylation is 1. The number of rotatable bonds is 6. The number of hydrogen-bond acceptors (Lipinski definition) is 4. The van der Waals surface area contributed by atoms with Gasteiger partial charge in [0.05, 0.1) is 11.4 Å². The highest BCUT2D eigenvalue weighted by Crippen LogP contribution is 2.33. The summed E-state index contributed by atoms with van der Waals surface area (Å²) in [5, 5.41) is 3.03. The van der Waals surface area contributed by atoms with Crippen LogP contribution in [-0.4, -0.2) is 11.2 Å². The van der Waals surface area contributed by atoms with E-state index in [-0.39, 0.29) is 29.1 Å². The number of alkyl halides is 2. The molecule has 1 aromatic heterocycles. The van der Waals surface area contributed by atoms with Crippen LogP contribution in [0, 0.1) is 5.82 Å². The Balaban J connectivity index is 1.93. The molecule has 0 saturated heterocycles. The van der Waals surface area contributed by atoms with Crippen molar-refractivity contribution in [3.63, 3.8) is 0 Å². The maximum Gasteiger partial charge on any atom is 0.387 e. The van der Waals surface area contributed by atoms with Gasteiger partial charge in [0.15, 0.2) is 0 Å². The monoisotopic (exact) mass is 467 g/mol. The van der Waals surface area contributed by atoms with Crippen molar-refractivity contribution in [3.8, 4) is 16.9 Å². The Morgan fingerprint density at radius 2 is 2.00 bits per heavy atom. The van der Waals surface area contributed by atoms with E-state index >= 15 is 0 Å². The fourth-order valence-corrected chi connectivity index (χ4v) is 3.30. The average Bonchev–Trinajstić information content (AvgIpc) is 2.64. The second-order valence-electron chi connectivity index (χ2n) is 6.23. The van der Waals surface area contributed by atoms with Crippen molar-refractivity contribution in [3.05, 3.63) is 74.9 Å². The normalized spacial score (nSPS) is 11.0. The first-order valence-corrected chi connectivity index (χ1v) is 9.27. The molecule has 0 radical (unpaired) electrons. The molecule has 0 fully saturated rings. The van der Waals surface area contributed by atoms with E-state index in [1.54, 1.807) is 19.2 Å². The summed E-state index contributed by atoms with van der Waals surface area (Å²) in [6.07, 6.45) is 1.52. The maximum atomic E-state index is 14.5. The van der Waals surface area contributed by atoms with Crippen molar-refractivity contribution < 1.29 is 17.9 Å². The molecule has 0 unspecified atom stereocenters. The fraction of sp³-hybridized carbons (Fsp3) is 0.150. The molecule has 0 saturated carbocycles. The van der Waals surface area contributed by atoms with Crippen molar-refractivity contribution in [2.24, 2.45) is 7.05 Å². The number of aromatic nitrogens is 1. The van der Waals surface area contributed by atoms with E-state index < -0.39 is 12.4 Å². The van der Waals surface area contributed by atoms with Crippen LogP contribution < -0.4 is 21.3 Å². The number of hydrogen-bond donors (Lipinski definition) is 2. The van der Waals surface area contributed by atoms with Crippen LogP contribution in [0.4, 0.5) is 24.5 Å². The van der Waals surface area contributed by atoms with Gasteiger partial charge in [-0.05, 0) is 30.3 Å². The highest BCUT2D eigenvalue weighted by Gasteiger charge is 2.15. The molecule has 0 atom stereocenters. The minimum Gasteiger partial charge on any atom is -0.434 e. The maximum absolute atomic E-state index is 14.5. The molecule has 3 N–H and O–H groups in total. The molecular formula is C20H17BrF3N3O2. The number of benzene rings is 2. The predicted molar refractivity (Wildman–Crippen MR) is 110 cm³/mol. The lowest BCUT2D eigenvalue weighted by Crippen LogP contribution is -2.14. The van der Waals surface area contributed by atoms with E-state index in [0.717, 1.165) is 0 Å². The molecule has 0 amide bonds. The quantitative estimate of drug-likeness (QED) is 0.513. The Labute approximate surface area is 173 Å². The van der Waals surface area contributed by atoms with E-state index in [1.165, 1.54) is 41.1 Å². The lowest BCUT2D eigenvalue weighted by atomic mass is 10.0. The first-order valence-electron chi connectivity index (χ1n) is 8.48. The molecule has 1 heterocycles. The third-order valence-corrected chi connectivity index (χ3v) is 5.03. The molecule has 9 heteroatoms. The van der Waals surface area contributed by atoms with Crippen LogP contribution in [0.25, 0.3) is 11.1 Å². The van der Waals surface area contributed by atoms with Gasteiger partial charge in [0.25, 0.3) is 0 Å². The van der Waals surface area contributed by atoms with Crippen LogP contribution in [-0.2, 0) is 13.6 Å². The third kappa shape index (κ3) is 4.73. The summed E-state index contributed by atoms with van der Waals surface area (Å²) in [5.41, 5.74) is 7.47. The Kier molecular flexibility index (Phi) is 6.17. The fourth-order valence-electron chi connectivity index (χ4n) is 2.82. The number of nitrogens with one attached hydrogen (secondary N) is 1. The molecule has 5 nitrogen and oxygen atoms in total. The summed E-state index contributed by atoms with van der Waals surface area (Å²) < 4.78 is 46.3. The van der Waals surface area contributed by atoms with E-state index in [1.807, 2.05) is 0 Å². The number of anilines is 2. The Hall–Kier alpha value is -2.94. The van der Waals surface area contributed by atoms with Crippen LogP contribution >= 0.6 is 15.9 Å². The van der Waals surface area contributed by atoms with Crippen molar-refractivity contribution in [1.29, 1.82) is 0 Å². The standard InChI is InChI=1S/C20H17BrF3N3O2/c1-27-10-11(5-6-19(27)28)12-7-17(16(25)8-15(12)22)26-9-13-14(21)3-2-4-18(13)29-20(23)24/h2-8,10,20,26H,9,25H2,1H3. The largest absolute Gasteiger partial charge is 0.434 e. The lowest BCUT2D eigenvalue weighted by molar-refractivity contribution is -0.0504. The first-order chi connectivity index (χ1) is 13.8. The Morgan fingerprint density at radius 1 is 1.24 bits per heavy atom. The molecule has 0 aliphatic heterocycles. The summed E-state index contributed by atoms with van der Waals surface area (Å²) in [5.74, 6) is -0.532. The van der Waals surface area contributed by atoms with Gasteiger partial charge in [-0.3, -0.25) is 4.79 Å². The topological polar surface area (TPSA) is 69.3 Å². The first kappa shape index (κ1) is 20.8. The number of ether oxygens (including phenoxy) is 1. The van der Waals surface area contributed by atoms with E-state index in [9.17, 15) is 18.0 Å².